The van der Waals surface area contributed by atoms with Crippen molar-refractivity contribution in [3.63, 3.8) is 0 Å². The fourth-order valence-electron chi connectivity index (χ4n) is 1.72. The summed E-state index contributed by atoms with van der Waals surface area (Å²) < 4.78 is 0. The van der Waals surface area contributed by atoms with E-state index in [1.54, 1.807) is 22.2 Å². The van der Waals surface area contributed by atoms with Crippen LogP contribution in [0.15, 0.2) is 38.7 Å². The van der Waals surface area contributed by atoms with Gasteiger partial charge >= 0.3 is 0 Å². The molecule has 0 bridgehead atoms. The average Bonchev–Trinajstić information content (AvgIpc) is 3.00. The molecule has 2 fully saturated rings. The van der Waals surface area contributed by atoms with Gasteiger partial charge in [0.15, 0.2) is 0 Å². The van der Waals surface area contributed by atoms with Gasteiger partial charge in [-0.2, -0.15) is 0 Å². The first-order valence-corrected chi connectivity index (χ1v) is 6.03. The molecule has 2 amide bonds. The normalized spacial score (nSPS) is 17.6. The fourth-order valence-corrected chi connectivity index (χ4v) is 1.72. The van der Waals surface area contributed by atoms with Crippen LogP contribution < -0.4 is 0 Å². The van der Waals surface area contributed by atoms with Gasteiger partial charge in [0.05, 0.1) is 0 Å². The Morgan fingerprint density at radius 2 is 1.17 bits per heavy atom. The van der Waals surface area contributed by atoms with Crippen molar-refractivity contribution in [1.29, 1.82) is 0 Å². The number of carbonyl (C=O) groups excluding carboxylic acids is 2. The highest BCUT2D eigenvalue weighted by Crippen LogP contribution is 2.08. The maximum absolute atomic E-state index is 10.7. The third kappa shape index (κ3) is 4.99. The molecule has 0 saturated carbocycles. The Balaban J connectivity index is 0.000000283. The number of nitrogens with zero attached hydrogens (tertiary/aromatic N) is 2. The first kappa shape index (κ1) is 16.2. The first-order chi connectivity index (χ1) is 8.69. The summed E-state index contributed by atoms with van der Waals surface area (Å²) in [4.78, 5) is 24.6. The minimum absolute atomic E-state index is 0.208. The van der Waals surface area contributed by atoms with E-state index in [0.29, 0.717) is 12.8 Å². The maximum Gasteiger partial charge on any atom is 0.226 e. The van der Waals surface area contributed by atoms with Crippen molar-refractivity contribution in [3.8, 4) is 0 Å². The fraction of sp³-hybridized carbons (Fsp3) is 0.429. The third-order valence-electron chi connectivity index (χ3n) is 2.66. The van der Waals surface area contributed by atoms with Gasteiger partial charge in [-0.25, -0.2) is 0 Å². The highest BCUT2D eigenvalue weighted by Gasteiger charge is 2.16. The molecule has 4 nitrogen and oxygen atoms in total. The lowest BCUT2D eigenvalue weighted by molar-refractivity contribution is -0.126. The van der Waals surface area contributed by atoms with Crippen LogP contribution in [0.4, 0.5) is 0 Å². The molecule has 2 aliphatic heterocycles. The molecule has 2 heterocycles. The topological polar surface area (TPSA) is 40.6 Å². The lowest BCUT2D eigenvalue weighted by Gasteiger charge is -2.05. The van der Waals surface area contributed by atoms with Gasteiger partial charge in [0, 0.05) is 25.9 Å². The van der Waals surface area contributed by atoms with Crippen molar-refractivity contribution in [1.82, 2.24) is 9.80 Å². The molecule has 2 aliphatic rings. The van der Waals surface area contributed by atoms with Crippen LogP contribution >= 0.6 is 0 Å². The number of hydrogen-bond acceptors (Lipinski definition) is 2. The average molecular weight is 250 g/mol. The van der Waals surface area contributed by atoms with Crippen LogP contribution in [0.1, 0.15) is 25.7 Å². The van der Waals surface area contributed by atoms with E-state index >= 15 is 0 Å². The van der Waals surface area contributed by atoms with Crippen molar-refractivity contribution in [2.45, 2.75) is 25.7 Å². The predicted molar refractivity (Wildman–Crippen MR) is 73.5 cm³/mol. The standard InChI is InChI=1S/2C6H9NO.C2H4/c2*1-2-7-5-3-4-6(7)8;1-2/h2*2H,1,3-5H2;1-2H2. The molecule has 0 spiro atoms. The summed E-state index contributed by atoms with van der Waals surface area (Å²) in [5, 5.41) is 0. The van der Waals surface area contributed by atoms with Crippen LogP contribution in [0, 0.1) is 0 Å². The minimum atomic E-state index is 0.208. The summed E-state index contributed by atoms with van der Waals surface area (Å²) in [5.74, 6) is 0.417. The number of likely N-dealkylation sites (tertiary alicyclic amines) is 2. The first-order valence-electron chi connectivity index (χ1n) is 6.03. The third-order valence-corrected chi connectivity index (χ3v) is 2.66. The van der Waals surface area contributed by atoms with E-state index in [0.717, 1.165) is 25.9 Å². The smallest absolute Gasteiger partial charge is 0.226 e. The van der Waals surface area contributed by atoms with Gasteiger partial charge in [-0.1, -0.05) is 13.2 Å². The summed E-state index contributed by atoms with van der Waals surface area (Å²) in [6.45, 7) is 14.7. The lowest BCUT2D eigenvalue weighted by atomic mass is 10.4. The second-order valence-electron chi connectivity index (χ2n) is 3.75. The number of amides is 2. The zero-order chi connectivity index (χ0) is 14.0. The molecule has 2 rings (SSSR count). The molecule has 0 radical (unpaired) electrons. The highest BCUT2D eigenvalue weighted by atomic mass is 16.2. The summed E-state index contributed by atoms with van der Waals surface area (Å²) in [7, 11) is 0. The summed E-state index contributed by atoms with van der Waals surface area (Å²) in [6.07, 6.45) is 6.57. The quantitative estimate of drug-likeness (QED) is 0.706. The van der Waals surface area contributed by atoms with Crippen molar-refractivity contribution >= 4 is 11.8 Å². The molecular weight excluding hydrogens is 228 g/mol. The Kier molecular flexibility index (Phi) is 8.27. The molecule has 0 atom stereocenters. The van der Waals surface area contributed by atoms with Crippen molar-refractivity contribution in [2.75, 3.05) is 13.1 Å². The van der Waals surface area contributed by atoms with Crippen LogP contribution in [0.5, 0.6) is 0 Å². The zero-order valence-electron chi connectivity index (χ0n) is 10.9. The van der Waals surface area contributed by atoms with E-state index in [2.05, 4.69) is 26.3 Å². The molecule has 18 heavy (non-hydrogen) atoms. The summed E-state index contributed by atoms with van der Waals surface area (Å²) >= 11 is 0. The van der Waals surface area contributed by atoms with Gasteiger partial charge in [-0.3, -0.25) is 9.59 Å². The Bertz CT molecular complexity index is 283. The molecule has 0 aromatic rings. The van der Waals surface area contributed by atoms with Gasteiger partial charge < -0.3 is 9.80 Å². The molecular formula is C14H22N2O2. The van der Waals surface area contributed by atoms with Gasteiger partial charge in [0.25, 0.3) is 0 Å². The Morgan fingerprint density at radius 1 is 0.833 bits per heavy atom. The van der Waals surface area contributed by atoms with Gasteiger partial charge in [-0.15, -0.1) is 13.2 Å². The van der Waals surface area contributed by atoms with Gasteiger partial charge in [-0.05, 0) is 25.2 Å². The van der Waals surface area contributed by atoms with Gasteiger partial charge in [0.2, 0.25) is 11.8 Å². The van der Waals surface area contributed by atoms with Crippen molar-refractivity contribution < 1.29 is 9.59 Å². The molecule has 100 valence electrons. The molecule has 0 unspecified atom stereocenters. The molecule has 0 aromatic heterocycles. The van der Waals surface area contributed by atoms with Crippen LogP contribution in [-0.2, 0) is 9.59 Å². The van der Waals surface area contributed by atoms with E-state index in [4.69, 9.17) is 0 Å². The second-order valence-corrected chi connectivity index (χ2v) is 3.75. The molecule has 2 saturated heterocycles. The highest BCUT2D eigenvalue weighted by molar-refractivity contribution is 5.79. The number of hydrogen-bond donors (Lipinski definition) is 0. The van der Waals surface area contributed by atoms with Crippen LogP contribution in [0.25, 0.3) is 0 Å². The number of carbonyl (C=O) groups is 2. The van der Waals surface area contributed by atoms with Crippen molar-refractivity contribution in [2.24, 2.45) is 0 Å². The monoisotopic (exact) mass is 250 g/mol. The number of rotatable bonds is 2. The summed E-state index contributed by atoms with van der Waals surface area (Å²) in [5.41, 5.74) is 0. The second kappa shape index (κ2) is 9.22. The molecule has 0 aromatic carbocycles. The van der Waals surface area contributed by atoms with E-state index in [9.17, 15) is 9.59 Å². The Morgan fingerprint density at radius 3 is 1.28 bits per heavy atom. The van der Waals surface area contributed by atoms with Crippen molar-refractivity contribution in [3.05, 3.63) is 38.7 Å². The van der Waals surface area contributed by atoms with E-state index < -0.39 is 0 Å². The van der Waals surface area contributed by atoms with E-state index in [-0.39, 0.29) is 11.8 Å². The van der Waals surface area contributed by atoms with E-state index in [1.165, 1.54) is 0 Å². The molecule has 0 N–H and O–H groups in total. The SMILES string of the molecule is C=C.C=CN1CCCC1=O.C=CN1CCCC1=O. The molecule has 4 heteroatoms. The van der Waals surface area contributed by atoms with Gasteiger partial charge in [0.1, 0.15) is 0 Å². The molecule has 0 aliphatic carbocycles. The van der Waals surface area contributed by atoms with Crippen LogP contribution in [-0.4, -0.2) is 34.7 Å². The van der Waals surface area contributed by atoms with Crippen LogP contribution in [0.3, 0.4) is 0 Å². The predicted octanol–water partition coefficient (Wildman–Crippen LogP) is 2.31. The minimum Gasteiger partial charge on any atom is -0.320 e. The maximum atomic E-state index is 10.7. The van der Waals surface area contributed by atoms with E-state index in [1.807, 2.05) is 0 Å². The van der Waals surface area contributed by atoms with Crippen LogP contribution in [0.2, 0.25) is 0 Å². The lowest BCUT2D eigenvalue weighted by Crippen LogP contribution is -2.16. The zero-order valence-corrected chi connectivity index (χ0v) is 10.9. The summed E-state index contributed by atoms with van der Waals surface area (Å²) in [6, 6.07) is 0. The Labute approximate surface area is 109 Å². The Hall–Kier alpha value is -1.84. The largest absolute Gasteiger partial charge is 0.320 e.